The Kier molecular flexibility index (Phi) is 3.47. The Balaban J connectivity index is 2.04. The quantitative estimate of drug-likeness (QED) is 0.827. The molecule has 0 amide bonds. The second kappa shape index (κ2) is 4.89. The Morgan fingerprint density at radius 1 is 1.39 bits per heavy atom. The number of aliphatic hydroxyl groups is 1. The van der Waals surface area contributed by atoms with Crippen LogP contribution in [0.5, 0.6) is 0 Å². The lowest BCUT2D eigenvalue weighted by Gasteiger charge is -2.28. The van der Waals surface area contributed by atoms with Gasteiger partial charge in [0.05, 0.1) is 5.60 Å². The second-order valence-corrected chi connectivity index (χ2v) is 4.87. The van der Waals surface area contributed by atoms with E-state index in [1.165, 1.54) is 6.07 Å². The second-order valence-electron chi connectivity index (χ2n) is 4.87. The summed E-state index contributed by atoms with van der Waals surface area (Å²) in [5.41, 5.74) is -0.728. The van der Waals surface area contributed by atoms with Crippen LogP contribution >= 0.6 is 0 Å². The number of anilines is 1. The van der Waals surface area contributed by atoms with Crippen molar-refractivity contribution >= 4 is 11.8 Å². The Morgan fingerprint density at radius 2 is 2.06 bits per heavy atom. The van der Waals surface area contributed by atoms with E-state index in [2.05, 4.69) is 10.2 Å². The molecule has 1 saturated carbocycles. The molecule has 1 aromatic heterocycles. The van der Waals surface area contributed by atoms with Crippen molar-refractivity contribution in [3.05, 3.63) is 17.8 Å². The number of hydrogen-bond donors (Lipinski definition) is 2. The number of likely N-dealkylation sites (N-methyl/N-ethyl adjacent to an activating group) is 1. The smallest absolute Gasteiger partial charge is 0.356 e. The zero-order chi connectivity index (χ0) is 13.2. The molecule has 1 aliphatic carbocycles. The maximum Gasteiger partial charge on any atom is 0.356 e. The van der Waals surface area contributed by atoms with E-state index in [0.717, 1.165) is 25.7 Å². The highest BCUT2D eigenvalue weighted by atomic mass is 16.4. The molecule has 2 N–H and O–H groups in total. The molecule has 0 unspecified atom stereocenters. The van der Waals surface area contributed by atoms with Crippen LogP contribution in [0.1, 0.15) is 36.2 Å². The Morgan fingerprint density at radius 3 is 2.56 bits per heavy atom. The van der Waals surface area contributed by atoms with Gasteiger partial charge in [-0.1, -0.05) is 12.8 Å². The average molecular weight is 251 g/mol. The SMILES string of the molecule is CN(CC1(O)CCCC1)c1ccc(C(=O)O)nn1. The van der Waals surface area contributed by atoms with E-state index in [4.69, 9.17) is 5.11 Å². The predicted molar refractivity (Wildman–Crippen MR) is 65.7 cm³/mol. The fraction of sp³-hybridized carbons (Fsp3) is 0.583. The maximum atomic E-state index is 10.7. The third-order valence-electron chi connectivity index (χ3n) is 3.33. The van der Waals surface area contributed by atoms with Gasteiger partial charge in [0.25, 0.3) is 0 Å². The molecule has 1 fully saturated rings. The zero-order valence-corrected chi connectivity index (χ0v) is 10.3. The third-order valence-corrected chi connectivity index (χ3v) is 3.33. The molecule has 1 aliphatic rings. The van der Waals surface area contributed by atoms with Crippen molar-refractivity contribution in [1.82, 2.24) is 10.2 Å². The van der Waals surface area contributed by atoms with Crippen LogP contribution in [0, 0.1) is 0 Å². The van der Waals surface area contributed by atoms with Crippen molar-refractivity contribution in [3.63, 3.8) is 0 Å². The van der Waals surface area contributed by atoms with Crippen molar-refractivity contribution in [1.29, 1.82) is 0 Å². The fourth-order valence-electron chi connectivity index (χ4n) is 2.36. The molecule has 98 valence electrons. The Hall–Kier alpha value is -1.69. The minimum Gasteiger partial charge on any atom is -0.476 e. The summed E-state index contributed by atoms with van der Waals surface area (Å²) in [5.74, 6) is -0.522. The molecule has 6 nitrogen and oxygen atoms in total. The molecule has 0 spiro atoms. The number of carboxylic acid groups (broad SMARTS) is 1. The van der Waals surface area contributed by atoms with Crippen molar-refractivity contribution in [3.8, 4) is 0 Å². The summed E-state index contributed by atoms with van der Waals surface area (Å²) in [7, 11) is 1.82. The summed E-state index contributed by atoms with van der Waals surface area (Å²) in [5, 5.41) is 26.5. The lowest BCUT2D eigenvalue weighted by Crippen LogP contribution is -2.39. The first kappa shape index (κ1) is 12.8. The molecule has 6 heteroatoms. The van der Waals surface area contributed by atoms with Gasteiger partial charge in [0.1, 0.15) is 0 Å². The molecule has 0 saturated heterocycles. The molecule has 0 bridgehead atoms. The number of rotatable bonds is 4. The van der Waals surface area contributed by atoms with Gasteiger partial charge in [-0.3, -0.25) is 0 Å². The van der Waals surface area contributed by atoms with Gasteiger partial charge in [-0.15, -0.1) is 10.2 Å². The molecule has 0 aromatic carbocycles. The van der Waals surface area contributed by atoms with E-state index in [0.29, 0.717) is 12.4 Å². The van der Waals surface area contributed by atoms with Crippen LogP contribution in [-0.4, -0.2) is 45.6 Å². The number of nitrogens with zero attached hydrogens (tertiary/aromatic N) is 3. The van der Waals surface area contributed by atoms with E-state index in [1.54, 1.807) is 6.07 Å². The third kappa shape index (κ3) is 2.76. The highest BCUT2D eigenvalue weighted by Crippen LogP contribution is 2.30. The first-order valence-electron chi connectivity index (χ1n) is 6.01. The summed E-state index contributed by atoms with van der Waals surface area (Å²) in [6.07, 6.45) is 3.71. The predicted octanol–water partition coefficient (Wildman–Crippen LogP) is 0.916. The number of carboxylic acids is 1. The number of hydrogen-bond acceptors (Lipinski definition) is 5. The minimum absolute atomic E-state index is 0.0771. The van der Waals surface area contributed by atoms with Crippen LogP contribution < -0.4 is 4.90 Å². The molecule has 0 radical (unpaired) electrons. The van der Waals surface area contributed by atoms with Gasteiger partial charge in [-0.25, -0.2) is 4.79 Å². The Labute approximate surface area is 105 Å². The molecule has 0 atom stereocenters. The lowest BCUT2D eigenvalue weighted by atomic mass is 10.0. The van der Waals surface area contributed by atoms with Gasteiger partial charge >= 0.3 is 5.97 Å². The topological polar surface area (TPSA) is 86.5 Å². The van der Waals surface area contributed by atoms with Gasteiger partial charge in [0.15, 0.2) is 11.5 Å². The minimum atomic E-state index is -1.09. The number of aromatic nitrogens is 2. The van der Waals surface area contributed by atoms with E-state index in [-0.39, 0.29) is 5.69 Å². The lowest BCUT2D eigenvalue weighted by molar-refractivity contribution is 0.0556. The molecule has 1 aromatic rings. The molecule has 1 heterocycles. The van der Waals surface area contributed by atoms with Crippen LogP contribution in [0.4, 0.5) is 5.82 Å². The van der Waals surface area contributed by atoms with Crippen molar-refractivity contribution in [2.24, 2.45) is 0 Å². The maximum absolute atomic E-state index is 10.7. The first-order valence-corrected chi connectivity index (χ1v) is 6.01. The van der Waals surface area contributed by atoms with E-state index < -0.39 is 11.6 Å². The van der Waals surface area contributed by atoms with Crippen LogP contribution in [0.3, 0.4) is 0 Å². The van der Waals surface area contributed by atoms with Crippen molar-refractivity contribution in [2.45, 2.75) is 31.3 Å². The van der Waals surface area contributed by atoms with E-state index in [9.17, 15) is 9.90 Å². The van der Waals surface area contributed by atoms with Crippen LogP contribution in [0.15, 0.2) is 12.1 Å². The van der Waals surface area contributed by atoms with E-state index >= 15 is 0 Å². The monoisotopic (exact) mass is 251 g/mol. The average Bonchev–Trinajstić information content (AvgIpc) is 2.76. The highest BCUT2D eigenvalue weighted by molar-refractivity contribution is 5.85. The summed E-state index contributed by atoms with van der Waals surface area (Å²) in [6, 6.07) is 3.02. The van der Waals surface area contributed by atoms with Crippen LogP contribution in [0.25, 0.3) is 0 Å². The normalized spacial score (nSPS) is 17.7. The molecule has 18 heavy (non-hydrogen) atoms. The molecular weight excluding hydrogens is 234 g/mol. The highest BCUT2D eigenvalue weighted by Gasteiger charge is 2.32. The van der Waals surface area contributed by atoms with Gasteiger partial charge in [0, 0.05) is 13.6 Å². The summed E-state index contributed by atoms with van der Waals surface area (Å²) in [4.78, 5) is 12.5. The van der Waals surface area contributed by atoms with Crippen molar-refractivity contribution in [2.75, 3.05) is 18.5 Å². The fourth-order valence-corrected chi connectivity index (χ4v) is 2.36. The summed E-state index contributed by atoms with van der Waals surface area (Å²) in [6.45, 7) is 0.494. The largest absolute Gasteiger partial charge is 0.476 e. The molecule has 2 rings (SSSR count). The van der Waals surface area contributed by atoms with Crippen molar-refractivity contribution < 1.29 is 15.0 Å². The van der Waals surface area contributed by atoms with Crippen LogP contribution in [-0.2, 0) is 0 Å². The van der Waals surface area contributed by atoms with Gasteiger partial charge in [0.2, 0.25) is 0 Å². The number of aromatic carboxylic acids is 1. The van der Waals surface area contributed by atoms with Crippen LogP contribution in [0.2, 0.25) is 0 Å². The Bertz CT molecular complexity index is 427. The molecule has 0 aliphatic heterocycles. The summed E-state index contributed by atoms with van der Waals surface area (Å²) < 4.78 is 0. The van der Waals surface area contributed by atoms with E-state index in [1.807, 2.05) is 11.9 Å². The molecular formula is C12H17N3O3. The zero-order valence-electron chi connectivity index (χ0n) is 10.3. The first-order chi connectivity index (χ1) is 8.50. The summed E-state index contributed by atoms with van der Waals surface area (Å²) >= 11 is 0. The standard InChI is InChI=1S/C12H17N3O3/c1-15(8-12(18)6-2-3-7-12)10-5-4-9(11(16)17)13-14-10/h4-5,18H,2-3,6-8H2,1H3,(H,16,17). The number of carbonyl (C=O) groups is 1. The van der Waals surface area contributed by atoms with Gasteiger partial charge < -0.3 is 15.1 Å². The van der Waals surface area contributed by atoms with Gasteiger partial charge in [-0.2, -0.15) is 0 Å². The van der Waals surface area contributed by atoms with Gasteiger partial charge in [-0.05, 0) is 25.0 Å².